The molecular formula is C16H20N2O. The molecule has 19 heavy (non-hydrogen) atoms. The Morgan fingerprint density at radius 2 is 2.05 bits per heavy atom. The number of aromatic nitrogens is 1. The van der Waals surface area contributed by atoms with Gasteiger partial charge in [0.05, 0.1) is 13.3 Å². The third-order valence-electron chi connectivity index (χ3n) is 3.13. The van der Waals surface area contributed by atoms with Gasteiger partial charge in [-0.1, -0.05) is 25.1 Å². The fourth-order valence-corrected chi connectivity index (χ4v) is 2.11. The fraction of sp³-hybridized carbons (Fsp3) is 0.312. The molecule has 0 saturated heterocycles. The largest absolute Gasteiger partial charge is 0.495 e. The Hall–Kier alpha value is -1.87. The van der Waals surface area contributed by atoms with Crippen LogP contribution in [-0.2, 0) is 6.54 Å². The van der Waals surface area contributed by atoms with Gasteiger partial charge in [0.25, 0.3) is 0 Å². The Morgan fingerprint density at radius 3 is 2.74 bits per heavy atom. The molecule has 0 unspecified atom stereocenters. The van der Waals surface area contributed by atoms with Crippen LogP contribution in [0.25, 0.3) is 11.1 Å². The first-order chi connectivity index (χ1) is 9.24. The molecule has 1 heterocycles. The van der Waals surface area contributed by atoms with Gasteiger partial charge in [0.15, 0.2) is 0 Å². The molecule has 2 rings (SSSR count). The highest BCUT2D eigenvalue weighted by Crippen LogP contribution is 2.26. The lowest BCUT2D eigenvalue weighted by Gasteiger charge is -2.10. The molecule has 0 aliphatic rings. The van der Waals surface area contributed by atoms with Crippen molar-refractivity contribution in [3.8, 4) is 16.9 Å². The van der Waals surface area contributed by atoms with E-state index in [-0.39, 0.29) is 0 Å². The van der Waals surface area contributed by atoms with Crippen LogP contribution in [0.3, 0.4) is 0 Å². The fourth-order valence-electron chi connectivity index (χ4n) is 2.11. The molecule has 0 spiro atoms. The molecule has 2 aromatic rings. The monoisotopic (exact) mass is 256 g/mol. The number of pyridine rings is 1. The topological polar surface area (TPSA) is 34.2 Å². The van der Waals surface area contributed by atoms with Crippen molar-refractivity contribution in [2.45, 2.75) is 20.4 Å². The van der Waals surface area contributed by atoms with Crippen LogP contribution in [0, 0.1) is 6.92 Å². The van der Waals surface area contributed by atoms with Crippen LogP contribution in [0.15, 0.2) is 36.7 Å². The van der Waals surface area contributed by atoms with Gasteiger partial charge in [0, 0.05) is 18.3 Å². The van der Waals surface area contributed by atoms with E-state index in [0.29, 0.717) is 0 Å². The first-order valence-corrected chi connectivity index (χ1v) is 6.54. The summed E-state index contributed by atoms with van der Waals surface area (Å²) in [6.07, 6.45) is 3.59. The zero-order valence-electron chi connectivity index (χ0n) is 11.7. The molecule has 0 amide bonds. The van der Waals surface area contributed by atoms with Gasteiger partial charge < -0.3 is 10.1 Å². The number of aryl methyl sites for hydroxylation is 1. The van der Waals surface area contributed by atoms with Gasteiger partial charge in [-0.05, 0) is 36.2 Å². The normalized spacial score (nSPS) is 10.5. The average molecular weight is 256 g/mol. The van der Waals surface area contributed by atoms with E-state index in [1.54, 1.807) is 13.3 Å². The molecule has 3 nitrogen and oxygen atoms in total. The molecule has 3 heteroatoms. The van der Waals surface area contributed by atoms with Crippen molar-refractivity contribution >= 4 is 0 Å². The first-order valence-electron chi connectivity index (χ1n) is 6.54. The van der Waals surface area contributed by atoms with Gasteiger partial charge in [-0.2, -0.15) is 0 Å². The van der Waals surface area contributed by atoms with Gasteiger partial charge in [-0.25, -0.2) is 0 Å². The number of hydrogen-bond donors (Lipinski definition) is 1. The van der Waals surface area contributed by atoms with E-state index in [1.165, 1.54) is 16.7 Å². The molecule has 0 aliphatic heterocycles. The van der Waals surface area contributed by atoms with Crippen LogP contribution in [-0.4, -0.2) is 18.6 Å². The smallest absolute Gasteiger partial charge is 0.137 e. The van der Waals surface area contributed by atoms with Crippen LogP contribution in [0.2, 0.25) is 0 Å². The zero-order valence-corrected chi connectivity index (χ0v) is 11.7. The van der Waals surface area contributed by atoms with E-state index in [2.05, 4.69) is 42.3 Å². The molecule has 0 radical (unpaired) electrons. The number of methoxy groups -OCH3 is 1. The van der Waals surface area contributed by atoms with Crippen LogP contribution in [0.4, 0.5) is 0 Å². The number of benzene rings is 1. The van der Waals surface area contributed by atoms with Crippen molar-refractivity contribution in [3.05, 3.63) is 47.8 Å². The Kier molecular flexibility index (Phi) is 4.53. The lowest BCUT2D eigenvalue weighted by molar-refractivity contribution is 0.413. The van der Waals surface area contributed by atoms with Crippen LogP contribution >= 0.6 is 0 Å². The molecule has 0 atom stereocenters. The summed E-state index contributed by atoms with van der Waals surface area (Å²) in [5.41, 5.74) is 4.85. The predicted molar refractivity (Wildman–Crippen MR) is 78.3 cm³/mol. The standard InChI is InChI=1S/C16H20N2O/c1-4-17-9-13-5-6-16(12(2)7-13)14-8-15(19-3)11-18-10-14/h5-8,10-11,17H,4,9H2,1-3H3. The maximum absolute atomic E-state index is 5.22. The van der Waals surface area contributed by atoms with Crippen LogP contribution in [0.5, 0.6) is 5.75 Å². The van der Waals surface area contributed by atoms with Crippen molar-refractivity contribution < 1.29 is 4.74 Å². The van der Waals surface area contributed by atoms with Gasteiger partial charge in [0.2, 0.25) is 0 Å². The minimum absolute atomic E-state index is 0.786. The van der Waals surface area contributed by atoms with Crippen molar-refractivity contribution in [1.29, 1.82) is 0 Å². The van der Waals surface area contributed by atoms with E-state index in [9.17, 15) is 0 Å². The van der Waals surface area contributed by atoms with Gasteiger partial charge in [-0.15, -0.1) is 0 Å². The summed E-state index contributed by atoms with van der Waals surface area (Å²) in [7, 11) is 1.66. The molecule has 1 aromatic heterocycles. The Morgan fingerprint density at radius 1 is 1.21 bits per heavy atom. The van der Waals surface area contributed by atoms with E-state index in [0.717, 1.165) is 24.4 Å². The second-order valence-corrected chi connectivity index (χ2v) is 4.54. The number of hydrogen-bond acceptors (Lipinski definition) is 3. The Labute approximate surface area is 114 Å². The maximum atomic E-state index is 5.22. The minimum Gasteiger partial charge on any atom is -0.495 e. The quantitative estimate of drug-likeness (QED) is 0.892. The highest BCUT2D eigenvalue weighted by Gasteiger charge is 2.05. The van der Waals surface area contributed by atoms with Crippen molar-refractivity contribution in [1.82, 2.24) is 10.3 Å². The van der Waals surface area contributed by atoms with Crippen molar-refractivity contribution in [3.63, 3.8) is 0 Å². The van der Waals surface area contributed by atoms with Crippen molar-refractivity contribution in [2.75, 3.05) is 13.7 Å². The van der Waals surface area contributed by atoms with Crippen LogP contribution in [0.1, 0.15) is 18.1 Å². The lowest BCUT2D eigenvalue weighted by Crippen LogP contribution is -2.11. The molecule has 1 N–H and O–H groups in total. The molecule has 0 saturated carbocycles. The molecule has 100 valence electrons. The molecule has 1 aromatic carbocycles. The summed E-state index contributed by atoms with van der Waals surface area (Å²) in [6.45, 7) is 6.14. The number of nitrogens with one attached hydrogen (secondary N) is 1. The van der Waals surface area contributed by atoms with Gasteiger partial charge in [-0.3, -0.25) is 4.98 Å². The predicted octanol–water partition coefficient (Wildman–Crippen LogP) is 3.18. The summed E-state index contributed by atoms with van der Waals surface area (Å²) in [5.74, 6) is 0.786. The van der Waals surface area contributed by atoms with Crippen molar-refractivity contribution in [2.24, 2.45) is 0 Å². The molecular weight excluding hydrogens is 236 g/mol. The summed E-state index contributed by atoms with van der Waals surface area (Å²) >= 11 is 0. The average Bonchev–Trinajstić information content (AvgIpc) is 2.45. The minimum atomic E-state index is 0.786. The lowest BCUT2D eigenvalue weighted by atomic mass is 9.99. The van der Waals surface area contributed by atoms with E-state index < -0.39 is 0 Å². The van der Waals surface area contributed by atoms with E-state index in [1.807, 2.05) is 12.3 Å². The third-order valence-corrected chi connectivity index (χ3v) is 3.13. The third kappa shape index (κ3) is 3.32. The number of rotatable bonds is 5. The summed E-state index contributed by atoms with van der Waals surface area (Å²) in [6, 6.07) is 8.54. The number of ether oxygens (including phenoxy) is 1. The SMILES string of the molecule is CCNCc1ccc(-c2cncc(OC)c2)c(C)c1. The summed E-state index contributed by atoms with van der Waals surface area (Å²) < 4.78 is 5.22. The molecule has 0 aliphatic carbocycles. The Balaban J connectivity index is 2.29. The number of nitrogens with zero attached hydrogens (tertiary/aromatic N) is 1. The zero-order chi connectivity index (χ0) is 13.7. The second kappa shape index (κ2) is 6.34. The molecule has 0 fully saturated rings. The maximum Gasteiger partial charge on any atom is 0.137 e. The molecule has 0 bridgehead atoms. The highest BCUT2D eigenvalue weighted by molar-refractivity contribution is 5.67. The Bertz CT molecular complexity index is 552. The van der Waals surface area contributed by atoms with Gasteiger partial charge >= 0.3 is 0 Å². The summed E-state index contributed by atoms with van der Waals surface area (Å²) in [4.78, 5) is 4.21. The summed E-state index contributed by atoms with van der Waals surface area (Å²) in [5, 5.41) is 3.34. The van der Waals surface area contributed by atoms with E-state index in [4.69, 9.17) is 4.74 Å². The highest BCUT2D eigenvalue weighted by atomic mass is 16.5. The van der Waals surface area contributed by atoms with E-state index >= 15 is 0 Å². The van der Waals surface area contributed by atoms with Gasteiger partial charge in [0.1, 0.15) is 5.75 Å². The first kappa shape index (κ1) is 13.6. The second-order valence-electron chi connectivity index (χ2n) is 4.54. The van der Waals surface area contributed by atoms with Crippen LogP contribution < -0.4 is 10.1 Å².